The number of aromatic amines is 1. The average molecular weight is 620 g/mol. The number of amides is 3. The lowest BCUT2D eigenvalue weighted by Gasteiger charge is -2.25. The van der Waals surface area contributed by atoms with Gasteiger partial charge < -0.3 is 54.7 Å². The molecule has 3 amide bonds. The van der Waals surface area contributed by atoms with Crippen LogP contribution in [-0.2, 0) is 25.6 Å². The number of benzene rings is 1. The van der Waals surface area contributed by atoms with Crippen molar-refractivity contribution >= 4 is 59.1 Å². The molecule has 2 aromatic rings. The molecule has 17 heteroatoms. The molecule has 15 N–H and O–H groups in total. The van der Waals surface area contributed by atoms with Gasteiger partial charge in [-0.25, -0.2) is 4.79 Å². The molecule has 0 aliphatic carbocycles. The number of aromatic nitrogens is 1. The number of carbonyl (C=O) groups excluding carboxylic acids is 3. The van der Waals surface area contributed by atoms with Gasteiger partial charge in [0.05, 0.1) is 6.04 Å². The molecule has 1 aromatic heterocycles. The second-order valence-electron chi connectivity index (χ2n) is 9.77. The number of thiol groups is 1. The maximum atomic E-state index is 13.4. The summed E-state index contributed by atoms with van der Waals surface area (Å²) < 4.78 is 0. The van der Waals surface area contributed by atoms with E-state index in [1.54, 1.807) is 6.20 Å². The summed E-state index contributed by atoms with van der Waals surface area (Å²) in [7, 11) is 0. The van der Waals surface area contributed by atoms with Crippen LogP contribution >= 0.6 is 12.6 Å². The number of guanidine groups is 2. The Balaban J connectivity index is 2.19. The summed E-state index contributed by atoms with van der Waals surface area (Å²) >= 11 is 3.96. The van der Waals surface area contributed by atoms with Gasteiger partial charge in [0.2, 0.25) is 17.7 Å². The maximum absolute atomic E-state index is 13.4. The van der Waals surface area contributed by atoms with E-state index in [1.807, 2.05) is 24.3 Å². The zero-order valence-electron chi connectivity index (χ0n) is 23.7. The molecule has 1 heterocycles. The number of carboxylic acids is 1. The minimum atomic E-state index is -1.29. The van der Waals surface area contributed by atoms with Crippen LogP contribution in [0, 0.1) is 0 Å². The van der Waals surface area contributed by atoms with Crippen molar-refractivity contribution in [2.45, 2.75) is 56.3 Å². The molecule has 0 radical (unpaired) electrons. The Kier molecular flexibility index (Phi) is 14.1. The van der Waals surface area contributed by atoms with Crippen LogP contribution in [0.1, 0.15) is 31.2 Å². The van der Waals surface area contributed by atoms with Crippen molar-refractivity contribution in [1.82, 2.24) is 20.9 Å². The highest BCUT2D eigenvalue weighted by Gasteiger charge is 2.30. The first-order valence-corrected chi connectivity index (χ1v) is 14.2. The van der Waals surface area contributed by atoms with Crippen LogP contribution < -0.4 is 44.6 Å². The normalized spacial score (nSPS) is 13.6. The van der Waals surface area contributed by atoms with Gasteiger partial charge >= 0.3 is 5.97 Å². The molecule has 0 saturated carbocycles. The molecule has 0 saturated heterocycles. The largest absolute Gasteiger partial charge is 0.480 e. The lowest BCUT2D eigenvalue weighted by molar-refractivity contribution is -0.141. The highest BCUT2D eigenvalue weighted by atomic mass is 32.1. The molecule has 2 rings (SSSR count). The van der Waals surface area contributed by atoms with Crippen molar-refractivity contribution in [2.24, 2.45) is 38.7 Å². The molecule has 0 unspecified atom stereocenters. The summed E-state index contributed by atoms with van der Waals surface area (Å²) in [6.07, 6.45) is 2.77. The first kappa shape index (κ1) is 34.7. The molecule has 4 atom stereocenters. The second-order valence-corrected chi connectivity index (χ2v) is 10.1. The van der Waals surface area contributed by atoms with E-state index in [2.05, 4.69) is 43.5 Å². The maximum Gasteiger partial charge on any atom is 0.327 e. The molecule has 1 aromatic carbocycles. The van der Waals surface area contributed by atoms with Crippen molar-refractivity contribution in [3.05, 3.63) is 36.0 Å². The van der Waals surface area contributed by atoms with Gasteiger partial charge in [0.15, 0.2) is 11.9 Å². The number of H-pyrrole nitrogens is 1. The Morgan fingerprint density at radius 1 is 0.837 bits per heavy atom. The van der Waals surface area contributed by atoms with Gasteiger partial charge in [-0.15, -0.1) is 0 Å². The summed E-state index contributed by atoms with van der Waals surface area (Å²) in [6.45, 7) is 0.353. The fourth-order valence-electron chi connectivity index (χ4n) is 4.18. The summed E-state index contributed by atoms with van der Waals surface area (Å²) in [5.41, 5.74) is 29.4. The third kappa shape index (κ3) is 11.7. The van der Waals surface area contributed by atoms with Crippen molar-refractivity contribution in [1.29, 1.82) is 0 Å². The number of aliphatic imine (C=N–C) groups is 2. The number of nitrogens with two attached hydrogens (primary N) is 5. The molecule has 0 aliphatic heterocycles. The summed E-state index contributed by atoms with van der Waals surface area (Å²) in [6, 6.07) is 3.02. The van der Waals surface area contributed by atoms with Crippen LogP contribution in [-0.4, -0.2) is 88.7 Å². The second kappa shape index (κ2) is 17.4. The van der Waals surface area contributed by atoms with Gasteiger partial charge in [0.25, 0.3) is 0 Å². The van der Waals surface area contributed by atoms with E-state index >= 15 is 0 Å². The van der Waals surface area contributed by atoms with E-state index in [0.29, 0.717) is 6.42 Å². The third-order valence-electron chi connectivity index (χ3n) is 6.41. The van der Waals surface area contributed by atoms with Crippen LogP contribution in [0.4, 0.5) is 0 Å². The van der Waals surface area contributed by atoms with Crippen LogP contribution in [0.5, 0.6) is 0 Å². The standard InChI is InChI=1S/C26H41N11O5S/c27-16(11-14-12-34-17-6-2-1-5-15(14)17)21(38)35-18(7-3-9-32-25(28)29)22(39)36-19(8-4-10-33-26(30)31)23(40)37-20(13-43)24(41)42/h1-2,5-6,12,16,18-20,34,43H,3-4,7-11,13,27H2,(H,35,38)(H,36,39)(H,37,40)(H,41,42)(H4,28,29,32)(H4,30,31,33)/t16-,18-,19-,20-/m0/s1. The third-order valence-corrected chi connectivity index (χ3v) is 6.77. The number of fused-ring (bicyclic) bond motifs is 1. The van der Waals surface area contributed by atoms with Gasteiger partial charge in [-0.3, -0.25) is 24.4 Å². The van der Waals surface area contributed by atoms with Gasteiger partial charge in [-0.05, 0) is 43.7 Å². The first-order chi connectivity index (χ1) is 20.4. The number of nitrogens with one attached hydrogen (secondary N) is 4. The van der Waals surface area contributed by atoms with Crippen molar-refractivity contribution in [2.75, 3.05) is 18.8 Å². The van der Waals surface area contributed by atoms with Crippen molar-refractivity contribution < 1.29 is 24.3 Å². The molecule has 0 aliphatic rings. The number of hydrogen-bond acceptors (Lipinski definition) is 8. The number of aliphatic carboxylic acids is 1. The topological polar surface area (TPSA) is 295 Å². The van der Waals surface area contributed by atoms with Gasteiger partial charge in [0.1, 0.15) is 18.1 Å². The molecule has 236 valence electrons. The van der Waals surface area contributed by atoms with Crippen molar-refractivity contribution in [3.63, 3.8) is 0 Å². The number of rotatable bonds is 18. The Morgan fingerprint density at radius 2 is 1.35 bits per heavy atom. The van der Waals surface area contributed by atoms with Gasteiger partial charge in [-0.2, -0.15) is 12.6 Å². The zero-order chi connectivity index (χ0) is 31.9. The molecule has 16 nitrogen and oxygen atoms in total. The Labute approximate surface area is 254 Å². The molecular weight excluding hydrogens is 578 g/mol. The summed E-state index contributed by atoms with van der Waals surface area (Å²) in [4.78, 5) is 61.9. The average Bonchev–Trinajstić information content (AvgIpc) is 3.36. The van der Waals surface area contributed by atoms with E-state index in [0.717, 1.165) is 16.5 Å². The van der Waals surface area contributed by atoms with Crippen LogP contribution in [0.3, 0.4) is 0 Å². The van der Waals surface area contributed by atoms with E-state index in [4.69, 9.17) is 28.7 Å². The Hall–Kier alpha value is -4.51. The molecule has 43 heavy (non-hydrogen) atoms. The zero-order valence-corrected chi connectivity index (χ0v) is 24.6. The van der Waals surface area contributed by atoms with E-state index in [-0.39, 0.29) is 56.4 Å². The smallest absolute Gasteiger partial charge is 0.327 e. The van der Waals surface area contributed by atoms with Gasteiger partial charge in [0, 0.05) is 35.9 Å². The molecule has 0 bridgehead atoms. The van der Waals surface area contributed by atoms with Crippen LogP contribution in [0.15, 0.2) is 40.4 Å². The van der Waals surface area contributed by atoms with E-state index in [9.17, 15) is 24.3 Å². The number of hydrogen-bond donors (Lipinski definition) is 11. The SMILES string of the molecule is NC(N)=NCCC[C@H](NC(=O)[C@H](CCCN=C(N)N)NC(=O)[C@@H](N)Cc1c[nH]c2ccccc12)C(=O)N[C@@H](CS)C(=O)O. The van der Waals surface area contributed by atoms with E-state index in [1.165, 1.54) is 0 Å². The highest BCUT2D eigenvalue weighted by molar-refractivity contribution is 7.80. The summed E-state index contributed by atoms with van der Waals surface area (Å²) in [5.74, 6) is -3.74. The van der Waals surface area contributed by atoms with Crippen LogP contribution in [0.2, 0.25) is 0 Å². The predicted molar refractivity (Wildman–Crippen MR) is 167 cm³/mol. The monoisotopic (exact) mass is 619 g/mol. The van der Waals surface area contributed by atoms with E-state index < -0.39 is 47.9 Å². The number of carboxylic acid groups (broad SMARTS) is 1. The fraction of sp³-hybridized carbons (Fsp3) is 0.462. The minimum Gasteiger partial charge on any atom is -0.480 e. The van der Waals surface area contributed by atoms with Gasteiger partial charge in [-0.1, -0.05) is 18.2 Å². The number of carbonyl (C=O) groups is 4. The quantitative estimate of drug-likeness (QED) is 0.0364. The fourth-order valence-corrected chi connectivity index (χ4v) is 4.43. The number of para-hydroxylation sites is 1. The first-order valence-electron chi connectivity index (χ1n) is 13.6. The van der Waals surface area contributed by atoms with Crippen molar-refractivity contribution in [3.8, 4) is 0 Å². The number of nitrogens with zero attached hydrogens (tertiary/aromatic N) is 2. The minimum absolute atomic E-state index is 0.0714. The molecule has 0 spiro atoms. The summed E-state index contributed by atoms with van der Waals surface area (Å²) in [5, 5.41) is 17.9. The predicted octanol–water partition coefficient (Wildman–Crippen LogP) is -2.39. The molecular formula is C26H41N11O5S. The lowest BCUT2D eigenvalue weighted by atomic mass is 10.0. The molecule has 0 fully saturated rings. The Morgan fingerprint density at radius 3 is 1.86 bits per heavy atom. The van der Waals surface area contributed by atoms with Crippen LogP contribution in [0.25, 0.3) is 10.9 Å². The lowest BCUT2D eigenvalue weighted by Crippen LogP contribution is -2.57. The Bertz CT molecular complexity index is 1310. The highest BCUT2D eigenvalue weighted by Crippen LogP contribution is 2.19.